The molecule has 0 N–H and O–H groups in total. The molecule has 1 aromatic heterocycles. The van der Waals surface area contributed by atoms with E-state index < -0.39 is 18.8 Å². The van der Waals surface area contributed by atoms with Crippen molar-refractivity contribution >= 4 is 40.2 Å². The van der Waals surface area contributed by atoms with Gasteiger partial charge in [-0.25, -0.2) is 4.98 Å². The highest BCUT2D eigenvalue weighted by Gasteiger charge is 2.55. The number of benzene rings is 1. The molecule has 0 atom stereocenters. The maximum Gasteiger partial charge on any atom is 0.404 e. The van der Waals surface area contributed by atoms with E-state index in [0.29, 0.717) is 10.8 Å². The van der Waals surface area contributed by atoms with Crippen molar-refractivity contribution in [2.75, 3.05) is 33.9 Å². The lowest BCUT2D eigenvalue weighted by atomic mass is 10.1. The smallest absolute Gasteiger partial charge is 0.404 e. The summed E-state index contributed by atoms with van der Waals surface area (Å²) < 4.78 is 58.4. The van der Waals surface area contributed by atoms with Crippen molar-refractivity contribution in [3.8, 4) is 5.88 Å². The van der Waals surface area contributed by atoms with Gasteiger partial charge in [-0.15, -0.1) is 0 Å². The summed E-state index contributed by atoms with van der Waals surface area (Å²) in [5.74, 6) is 0.0766. The van der Waals surface area contributed by atoms with Crippen LogP contribution in [0.15, 0.2) is 28.9 Å². The zero-order chi connectivity index (χ0) is 22.5. The maximum absolute atomic E-state index is 15.2. The van der Waals surface area contributed by atoms with Crippen LogP contribution in [0.3, 0.4) is 0 Å². The lowest BCUT2D eigenvalue weighted by Crippen LogP contribution is -2.23. The SMILES string of the molecule is CCOP(=O)(OCC)C(F)(F)c1cc2cc(OCCC(=O)N(C)C)ncc2cc1Br. The number of fused-ring (bicyclic) bond motifs is 1. The van der Waals surface area contributed by atoms with Crippen LogP contribution in [0.2, 0.25) is 0 Å². The van der Waals surface area contributed by atoms with E-state index >= 15 is 8.78 Å². The molecule has 0 spiro atoms. The van der Waals surface area contributed by atoms with Gasteiger partial charge in [0, 0.05) is 41.8 Å². The van der Waals surface area contributed by atoms with Crippen molar-refractivity contribution in [1.29, 1.82) is 0 Å². The Hall–Kier alpha value is -1.61. The van der Waals surface area contributed by atoms with Gasteiger partial charge in [-0.1, -0.05) is 15.9 Å². The second kappa shape index (κ2) is 10.1. The molecule has 0 fully saturated rings. The molecular formula is C19H24BrF2N2O5P. The summed E-state index contributed by atoms with van der Waals surface area (Å²) in [6.07, 6.45) is 1.62. The number of ether oxygens (including phenoxy) is 1. The minimum absolute atomic E-state index is 0.0479. The summed E-state index contributed by atoms with van der Waals surface area (Å²) in [7, 11) is -1.47. The number of hydrogen-bond donors (Lipinski definition) is 0. The Morgan fingerprint density at radius 3 is 2.37 bits per heavy atom. The first-order valence-corrected chi connectivity index (χ1v) is 11.6. The number of pyridine rings is 1. The Balaban J connectivity index is 2.38. The molecule has 0 aliphatic carbocycles. The summed E-state index contributed by atoms with van der Waals surface area (Å²) in [5.41, 5.74) is -4.41. The molecule has 1 amide bonds. The third-order valence-electron chi connectivity index (χ3n) is 4.11. The molecule has 0 saturated heterocycles. The number of nitrogens with zero attached hydrogens (tertiary/aromatic N) is 2. The van der Waals surface area contributed by atoms with Crippen LogP contribution in [0.1, 0.15) is 25.8 Å². The van der Waals surface area contributed by atoms with Gasteiger partial charge in [-0.05, 0) is 31.4 Å². The summed E-state index contributed by atoms with van der Waals surface area (Å²) in [6.45, 7) is 2.65. The molecule has 0 radical (unpaired) electrons. The number of halogens is 3. The van der Waals surface area contributed by atoms with E-state index in [1.54, 1.807) is 14.1 Å². The van der Waals surface area contributed by atoms with E-state index in [1.165, 1.54) is 43.1 Å². The standard InChI is InChI=1S/C19H24BrF2N2O5P/c1-5-28-30(26,29-6-2)19(21,22)15-9-13-11-17(23-12-14(13)10-16(15)20)27-8-7-18(25)24(3)4/h9-12H,5-8H2,1-4H3. The third-order valence-corrected chi connectivity index (χ3v) is 6.89. The number of hydrogen-bond acceptors (Lipinski definition) is 6. The monoisotopic (exact) mass is 508 g/mol. The summed E-state index contributed by atoms with van der Waals surface area (Å²) in [4.78, 5) is 17.2. The summed E-state index contributed by atoms with van der Waals surface area (Å²) >= 11 is 3.12. The van der Waals surface area contributed by atoms with Crippen molar-refractivity contribution in [3.05, 3.63) is 34.4 Å². The fourth-order valence-corrected chi connectivity index (χ4v) is 4.93. The molecule has 2 rings (SSSR count). The molecule has 0 bridgehead atoms. The Labute approximate surface area is 182 Å². The number of aromatic nitrogens is 1. The van der Waals surface area contributed by atoms with Crippen LogP contribution in [0.25, 0.3) is 10.8 Å². The zero-order valence-electron chi connectivity index (χ0n) is 17.2. The number of carbonyl (C=O) groups excluding carboxylic acids is 1. The van der Waals surface area contributed by atoms with Crippen LogP contribution < -0.4 is 4.74 Å². The predicted molar refractivity (Wildman–Crippen MR) is 113 cm³/mol. The Kier molecular flexibility index (Phi) is 8.33. The van der Waals surface area contributed by atoms with Crippen LogP contribution >= 0.6 is 23.5 Å². The third kappa shape index (κ3) is 5.35. The summed E-state index contributed by atoms with van der Waals surface area (Å²) in [5, 5.41) is 0.970. The molecular weight excluding hydrogens is 485 g/mol. The zero-order valence-corrected chi connectivity index (χ0v) is 19.6. The van der Waals surface area contributed by atoms with Crippen LogP contribution in [0, 0.1) is 0 Å². The van der Waals surface area contributed by atoms with Gasteiger partial charge in [0.2, 0.25) is 11.8 Å². The quantitative estimate of drug-likeness (QED) is 0.412. The highest BCUT2D eigenvalue weighted by molar-refractivity contribution is 9.10. The van der Waals surface area contributed by atoms with Crippen molar-refractivity contribution in [2.24, 2.45) is 0 Å². The van der Waals surface area contributed by atoms with E-state index in [2.05, 4.69) is 20.9 Å². The topological polar surface area (TPSA) is 78.0 Å². The lowest BCUT2D eigenvalue weighted by Gasteiger charge is -2.27. The van der Waals surface area contributed by atoms with Gasteiger partial charge in [0.05, 0.1) is 26.2 Å². The van der Waals surface area contributed by atoms with Crippen molar-refractivity contribution in [3.63, 3.8) is 0 Å². The minimum Gasteiger partial charge on any atom is -0.477 e. The number of rotatable bonds is 10. The van der Waals surface area contributed by atoms with Gasteiger partial charge in [-0.2, -0.15) is 8.78 Å². The minimum atomic E-state index is -4.75. The number of carbonyl (C=O) groups is 1. The number of amides is 1. The fourth-order valence-electron chi connectivity index (χ4n) is 2.61. The molecule has 2 aromatic rings. The summed E-state index contributed by atoms with van der Waals surface area (Å²) in [6, 6.07) is 4.13. The Bertz CT molecular complexity index is 948. The van der Waals surface area contributed by atoms with E-state index in [0.717, 1.165) is 0 Å². The molecule has 1 aromatic carbocycles. The van der Waals surface area contributed by atoms with Crippen molar-refractivity contribution in [2.45, 2.75) is 25.9 Å². The van der Waals surface area contributed by atoms with Gasteiger partial charge in [0.25, 0.3) is 0 Å². The first kappa shape index (κ1) is 24.7. The maximum atomic E-state index is 15.2. The van der Waals surface area contributed by atoms with Gasteiger partial charge in [0.15, 0.2) is 0 Å². The fraction of sp³-hybridized carbons (Fsp3) is 0.474. The molecule has 0 saturated carbocycles. The molecule has 11 heteroatoms. The molecule has 166 valence electrons. The Morgan fingerprint density at radius 2 is 1.80 bits per heavy atom. The van der Waals surface area contributed by atoms with E-state index in [-0.39, 0.29) is 42.5 Å². The normalized spacial score (nSPS) is 12.2. The largest absolute Gasteiger partial charge is 0.477 e. The molecule has 0 aliphatic rings. The highest BCUT2D eigenvalue weighted by atomic mass is 79.9. The molecule has 7 nitrogen and oxygen atoms in total. The predicted octanol–water partition coefficient (Wildman–Crippen LogP) is 5.17. The van der Waals surface area contributed by atoms with Crippen LogP contribution in [-0.4, -0.2) is 49.7 Å². The Morgan fingerprint density at radius 1 is 1.17 bits per heavy atom. The van der Waals surface area contributed by atoms with Crippen molar-refractivity contribution < 1.29 is 31.9 Å². The lowest BCUT2D eigenvalue weighted by molar-refractivity contribution is -0.129. The van der Waals surface area contributed by atoms with Gasteiger partial charge < -0.3 is 18.7 Å². The second-order valence-corrected chi connectivity index (χ2v) is 9.39. The van der Waals surface area contributed by atoms with Gasteiger partial charge in [0.1, 0.15) is 0 Å². The van der Waals surface area contributed by atoms with Crippen LogP contribution in [0.4, 0.5) is 8.78 Å². The van der Waals surface area contributed by atoms with Gasteiger partial charge >= 0.3 is 13.3 Å². The first-order valence-electron chi connectivity index (χ1n) is 9.25. The van der Waals surface area contributed by atoms with Crippen LogP contribution in [-0.2, 0) is 24.1 Å². The highest BCUT2D eigenvalue weighted by Crippen LogP contribution is 2.67. The first-order chi connectivity index (χ1) is 14.1. The van der Waals surface area contributed by atoms with Crippen LogP contribution in [0.5, 0.6) is 5.88 Å². The molecule has 0 unspecified atom stereocenters. The molecule has 0 aliphatic heterocycles. The van der Waals surface area contributed by atoms with Gasteiger partial charge in [-0.3, -0.25) is 9.36 Å². The number of alkyl halides is 2. The van der Waals surface area contributed by atoms with E-state index in [4.69, 9.17) is 13.8 Å². The van der Waals surface area contributed by atoms with Crippen molar-refractivity contribution in [1.82, 2.24) is 9.88 Å². The van der Waals surface area contributed by atoms with E-state index in [9.17, 15) is 9.36 Å². The van der Waals surface area contributed by atoms with E-state index in [1.807, 2.05) is 0 Å². The molecule has 30 heavy (non-hydrogen) atoms. The average Bonchev–Trinajstić information content (AvgIpc) is 2.67. The average molecular weight is 509 g/mol. The second-order valence-electron chi connectivity index (χ2n) is 6.46. The molecule has 1 heterocycles.